The Labute approximate surface area is 118 Å². The molecule has 0 saturated heterocycles. The maximum atomic E-state index is 11.9. The molecule has 2 aromatic carbocycles. The number of methoxy groups -OCH3 is 3. The fraction of sp³-hybridized carbons (Fsp3) is 0.312. The second-order valence-corrected chi connectivity index (χ2v) is 4.59. The Kier molecular flexibility index (Phi) is 3.84. The highest BCUT2D eigenvalue weighted by atomic mass is 16.5. The normalized spacial score (nSPS) is 10.4. The molecule has 0 aliphatic carbocycles. The van der Waals surface area contributed by atoms with Gasteiger partial charge in [-0.3, -0.25) is 4.79 Å². The number of hydrogen-bond acceptors (Lipinski definition) is 4. The first-order valence-electron chi connectivity index (χ1n) is 6.27. The maximum Gasteiger partial charge on any atom is 0.163 e. The summed E-state index contributed by atoms with van der Waals surface area (Å²) in [6, 6.07) is 5.63. The van der Waals surface area contributed by atoms with Crippen LogP contribution in [0.3, 0.4) is 0 Å². The molecule has 0 fully saturated rings. The van der Waals surface area contributed by atoms with Gasteiger partial charge in [0, 0.05) is 6.07 Å². The number of fused-ring (bicyclic) bond motifs is 1. The average molecular weight is 274 g/mol. The molecule has 0 aliphatic rings. The first kappa shape index (κ1) is 14.2. The van der Waals surface area contributed by atoms with Gasteiger partial charge in [-0.2, -0.15) is 0 Å². The molecule has 0 aromatic heterocycles. The van der Waals surface area contributed by atoms with Crippen LogP contribution in [0.1, 0.15) is 22.8 Å². The fourth-order valence-electron chi connectivity index (χ4n) is 2.50. The summed E-state index contributed by atoms with van der Waals surface area (Å²) in [4.78, 5) is 11.9. The Hall–Kier alpha value is -2.23. The van der Waals surface area contributed by atoms with Gasteiger partial charge in [-0.25, -0.2) is 0 Å². The van der Waals surface area contributed by atoms with Gasteiger partial charge in [0.1, 0.15) is 17.2 Å². The zero-order chi connectivity index (χ0) is 14.9. The van der Waals surface area contributed by atoms with Gasteiger partial charge in [0.2, 0.25) is 0 Å². The molecule has 4 nitrogen and oxygen atoms in total. The van der Waals surface area contributed by atoms with Crippen molar-refractivity contribution in [2.45, 2.75) is 13.8 Å². The highest BCUT2D eigenvalue weighted by Crippen LogP contribution is 2.41. The van der Waals surface area contributed by atoms with Crippen LogP contribution in [0.5, 0.6) is 17.2 Å². The summed E-state index contributed by atoms with van der Waals surface area (Å²) >= 11 is 0. The highest BCUT2D eigenvalue weighted by molar-refractivity contribution is 6.07. The molecular weight excluding hydrogens is 256 g/mol. The van der Waals surface area contributed by atoms with Crippen molar-refractivity contribution < 1.29 is 19.0 Å². The summed E-state index contributed by atoms with van der Waals surface area (Å²) in [5.74, 6) is 1.84. The van der Waals surface area contributed by atoms with Crippen LogP contribution in [0.2, 0.25) is 0 Å². The molecular formula is C16H18O4. The number of carbonyl (C=O) groups is 1. The van der Waals surface area contributed by atoms with E-state index in [9.17, 15) is 4.79 Å². The van der Waals surface area contributed by atoms with Gasteiger partial charge in [-0.15, -0.1) is 0 Å². The van der Waals surface area contributed by atoms with E-state index in [4.69, 9.17) is 14.2 Å². The van der Waals surface area contributed by atoms with Gasteiger partial charge in [0.25, 0.3) is 0 Å². The molecule has 0 bridgehead atoms. The topological polar surface area (TPSA) is 44.8 Å². The van der Waals surface area contributed by atoms with Crippen LogP contribution >= 0.6 is 0 Å². The van der Waals surface area contributed by atoms with Crippen LogP contribution in [0.4, 0.5) is 0 Å². The zero-order valence-electron chi connectivity index (χ0n) is 12.4. The number of rotatable bonds is 4. The summed E-state index contributed by atoms with van der Waals surface area (Å²) < 4.78 is 16.2. The third-order valence-electron chi connectivity index (χ3n) is 3.34. The lowest BCUT2D eigenvalue weighted by atomic mass is 9.97. The van der Waals surface area contributed by atoms with E-state index >= 15 is 0 Å². The van der Waals surface area contributed by atoms with Gasteiger partial charge >= 0.3 is 0 Å². The Morgan fingerprint density at radius 2 is 1.70 bits per heavy atom. The van der Waals surface area contributed by atoms with Crippen molar-refractivity contribution in [3.8, 4) is 17.2 Å². The highest BCUT2D eigenvalue weighted by Gasteiger charge is 2.19. The summed E-state index contributed by atoms with van der Waals surface area (Å²) in [6.45, 7) is 3.43. The molecule has 0 N–H and O–H groups in total. The first-order valence-corrected chi connectivity index (χ1v) is 6.27. The van der Waals surface area contributed by atoms with Crippen molar-refractivity contribution in [1.82, 2.24) is 0 Å². The molecule has 0 unspecified atom stereocenters. The van der Waals surface area contributed by atoms with Gasteiger partial charge in [-0.1, -0.05) is 6.07 Å². The zero-order valence-corrected chi connectivity index (χ0v) is 12.4. The largest absolute Gasteiger partial charge is 0.497 e. The maximum absolute atomic E-state index is 11.9. The second-order valence-electron chi connectivity index (χ2n) is 4.59. The predicted molar refractivity (Wildman–Crippen MR) is 78.3 cm³/mol. The fourth-order valence-corrected chi connectivity index (χ4v) is 2.50. The monoisotopic (exact) mass is 274 g/mol. The molecule has 0 amide bonds. The van der Waals surface area contributed by atoms with Crippen molar-refractivity contribution in [2.75, 3.05) is 21.3 Å². The minimum Gasteiger partial charge on any atom is -0.497 e. The van der Waals surface area contributed by atoms with E-state index in [0.29, 0.717) is 22.8 Å². The average Bonchev–Trinajstić information content (AvgIpc) is 2.43. The van der Waals surface area contributed by atoms with Crippen LogP contribution in [0, 0.1) is 6.92 Å². The lowest BCUT2D eigenvalue weighted by molar-refractivity contribution is 0.101. The molecule has 0 heterocycles. The minimum atomic E-state index is -0.0286. The van der Waals surface area contributed by atoms with Crippen molar-refractivity contribution in [3.05, 3.63) is 29.3 Å². The van der Waals surface area contributed by atoms with Crippen LogP contribution in [0.25, 0.3) is 10.8 Å². The van der Waals surface area contributed by atoms with Crippen molar-refractivity contribution in [3.63, 3.8) is 0 Å². The van der Waals surface area contributed by atoms with Gasteiger partial charge < -0.3 is 14.2 Å². The standard InChI is InChI=1S/C16H18O4/c1-9-6-11-7-12(18-3)8-13(19-4)15(11)16(20-5)14(9)10(2)17/h6-8H,1-5H3. The van der Waals surface area contributed by atoms with Crippen LogP contribution in [-0.2, 0) is 0 Å². The number of carbonyl (C=O) groups excluding carboxylic acids is 1. The van der Waals surface area contributed by atoms with E-state index in [-0.39, 0.29) is 5.78 Å². The smallest absolute Gasteiger partial charge is 0.163 e. The summed E-state index contributed by atoms with van der Waals surface area (Å²) in [5.41, 5.74) is 1.46. The molecule has 0 aliphatic heterocycles. The summed E-state index contributed by atoms with van der Waals surface area (Å²) in [6.07, 6.45) is 0. The Balaban J connectivity index is 2.95. The summed E-state index contributed by atoms with van der Waals surface area (Å²) in [5, 5.41) is 1.70. The Morgan fingerprint density at radius 3 is 2.20 bits per heavy atom. The van der Waals surface area contributed by atoms with Crippen LogP contribution in [-0.4, -0.2) is 27.1 Å². The first-order chi connectivity index (χ1) is 9.53. The van der Waals surface area contributed by atoms with E-state index in [1.807, 2.05) is 19.1 Å². The van der Waals surface area contributed by atoms with Crippen molar-refractivity contribution in [1.29, 1.82) is 0 Å². The third kappa shape index (κ3) is 2.18. The minimum absolute atomic E-state index is 0.0286. The van der Waals surface area contributed by atoms with Crippen LogP contribution < -0.4 is 14.2 Å². The lowest BCUT2D eigenvalue weighted by Gasteiger charge is -2.16. The molecule has 20 heavy (non-hydrogen) atoms. The van der Waals surface area contributed by atoms with E-state index in [0.717, 1.165) is 16.3 Å². The van der Waals surface area contributed by atoms with Crippen molar-refractivity contribution >= 4 is 16.6 Å². The number of benzene rings is 2. The van der Waals surface area contributed by atoms with E-state index in [2.05, 4.69) is 0 Å². The molecule has 0 radical (unpaired) electrons. The van der Waals surface area contributed by atoms with E-state index in [1.54, 1.807) is 27.4 Å². The SMILES string of the molecule is COc1cc(OC)c2c(OC)c(C(C)=O)c(C)cc2c1. The Bertz CT molecular complexity index is 674. The Morgan fingerprint density at radius 1 is 1.00 bits per heavy atom. The number of ether oxygens (including phenoxy) is 3. The van der Waals surface area contributed by atoms with Gasteiger partial charge in [-0.05, 0) is 30.9 Å². The lowest BCUT2D eigenvalue weighted by Crippen LogP contribution is -2.03. The molecule has 2 aromatic rings. The van der Waals surface area contributed by atoms with Gasteiger partial charge in [0.15, 0.2) is 5.78 Å². The van der Waals surface area contributed by atoms with E-state index < -0.39 is 0 Å². The summed E-state index contributed by atoms with van der Waals surface area (Å²) in [7, 11) is 4.75. The number of ketones is 1. The third-order valence-corrected chi connectivity index (χ3v) is 3.34. The quantitative estimate of drug-likeness (QED) is 0.802. The molecule has 106 valence electrons. The van der Waals surface area contributed by atoms with Gasteiger partial charge in [0.05, 0.1) is 32.3 Å². The predicted octanol–water partition coefficient (Wildman–Crippen LogP) is 3.38. The van der Waals surface area contributed by atoms with Crippen molar-refractivity contribution in [2.24, 2.45) is 0 Å². The molecule has 0 saturated carbocycles. The number of hydrogen-bond donors (Lipinski definition) is 0. The molecule has 0 atom stereocenters. The number of aryl methyl sites for hydroxylation is 1. The van der Waals surface area contributed by atoms with E-state index in [1.165, 1.54) is 6.92 Å². The number of Topliss-reactive ketones (excluding diaryl/α,β-unsaturated/α-hetero) is 1. The molecule has 2 rings (SSSR count). The van der Waals surface area contributed by atoms with Crippen LogP contribution in [0.15, 0.2) is 18.2 Å². The second kappa shape index (κ2) is 5.41. The molecule has 0 spiro atoms. The molecule has 4 heteroatoms.